The van der Waals surface area contributed by atoms with Crippen LogP contribution in [-0.2, 0) is 13.0 Å². The summed E-state index contributed by atoms with van der Waals surface area (Å²) in [5.74, 6) is 0.460. The number of anilines is 1. The van der Waals surface area contributed by atoms with Crippen LogP contribution in [0, 0.1) is 13.8 Å². The van der Waals surface area contributed by atoms with E-state index in [-0.39, 0.29) is 0 Å². The van der Waals surface area contributed by atoms with Crippen LogP contribution in [0.3, 0.4) is 0 Å². The number of hydrogen-bond donors (Lipinski definition) is 2. The number of nitrogens with zero attached hydrogens (tertiary/aromatic N) is 1. The molecule has 0 aliphatic heterocycles. The molecule has 0 radical (unpaired) electrons. The second-order valence-corrected chi connectivity index (χ2v) is 6.18. The molecule has 3 N–H and O–H groups in total. The molecule has 2 rings (SSSR count). The highest BCUT2D eigenvalue weighted by Gasteiger charge is 2.00. The smallest absolute Gasteiger partial charge is 0.193 e. The van der Waals surface area contributed by atoms with Crippen molar-refractivity contribution in [3.8, 4) is 0 Å². The maximum absolute atomic E-state index is 5.94. The van der Waals surface area contributed by atoms with Gasteiger partial charge in [0.25, 0.3) is 0 Å². The number of hydrogen-bond acceptors (Lipinski definition) is 2. The van der Waals surface area contributed by atoms with E-state index in [9.17, 15) is 0 Å². The van der Waals surface area contributed by atoms with Gasteiger partial charge in [-0.05, 0) is 55.7 Å². The molecular formula is C16H21N3S. The number of thiophene rings is 1. The first kappa shape index (κ1) is 14.6. The van der Waals surface area contributed by atoms with Gasteiger partial charge in [-0.2, -0.15) is 0 Å². The largest absolute Gasteiger partial charge is 0.370 e. The minimum Gasteiger partial charge on any atom is -0.370 e. The number of nitrogens with two attached hydrogens (primary N) is 1. The molecule has 0 amide bonds. The van der Waals surface area contributed by atoms with E-state index in [1.54, 1.807) is 11.3 Å². The van der Waals surface area contributed by atoms with Gasteiger partial charge in [-0.3, -0.25) is 0 Å². The SMILES string of the molecule is CCc1ccc(CN=C(N)Nc2cc(C)cc(C)c2)s1. The summed E-state index contributed by atoms with van der Waals surface area (Å²) in [6.07, 6.45) is 1.07. The maximum atomic E-state index is 5.94. The Hall–Kier alpha value is -1.81. The van der Waals surface area contributed by atoms with Gasteiger partial charge in [-0.1, -0.05) is 13.0 Å². The van der Waals surface area contributed by atoms with Crippen molar-refractivity contribution in [2.45, 2.75) is 33.7 Å². The molecule has 20 heavy (non-hydrogen) atoms. The van der Waals surface area contributed by atoms with Crippen molar-refractivity contribution in [3.63, 3.8) is 0 Å². The van der Waals surface area contributed by atoms with Gasteiger partial charge in [0.1, 0.15) is 0 Å². The molecule has 0 aliphatic carbocycles. The molecule has 1 aromatic heterocycles. The standard InChI is InChI=1S/C16H21N3S/c1-4-14-5-6-15(20-14)10-18-16(17)19-13-8-11(2)7-12(3)9-13/h5-9H,4,10H2,1-3H3,(H3,17,18,19). The van der Waals surface area contributed by atoms with Gasteiger partial charge in [0.05, 0.1) is 6.54 Å². The Morgan fingerprint density at radius 2 is 1.80 bits per heavy atom. The predicted molar refractivity (Wildman–Crippen MR) is 88.6 cm³/mol. The molecule has 0 unspecified atom stereocenters. The third kappa shape index (κ3) is 4.10. The highest BCUT2D eigenvalue weighted by molar-refractivity contribution is 7.11. The summed E-state index contributed by atoms with van der Waals surface area (Å²) in [4.78, 5) is 7.02. The zero-order chi connectivity index (χ0) is 14.5. The fourth-order valence-corrected chi connectivity index (χ4v) is 2.98. The van der Waals surface area contributed by atoms with Crippen LogP contribution in [-0.4, -0.2) is 5.96 Å². The average Bonchev–Trinajstić information content (AvgIpc) is 2.83. The lowest BCUT2D eigenvalue weighted by molar-refractivity contribution is 1.09. The van der Waals surface area contributed by atoms with Crippen molar-refractivity contribution in [2.24, 2.45) is 10.7 Å². The summed E-state index contributed by atoms with van der Waals surface area (Å²) in [7, 11) is 0. The van der Waals surface area contributed by atoms with Crippen molar-refractivity contribution in [1.29, 1.82) is 0 Å². The van der Waals surface area contributed by atoms with Crippen molar-refractivity contribution in [3.05, 3.63) is 51.2 Å². The van der Waals surface area contributed by atoms with Crippen LogP contribution in [0.2, 0.25) is 0 Å². The molecular weight excluding hydrogens is 266 g/mol. The Morgan fingerprint density at radius 3 is 2.40 bits per heavy atom. The minimum atomic E-state index is 0.460. The Balaban J connectivity index is 1.99. The van der Waals surface area contributed by atoms with Gasteiger partial charge in [0.2, 0.25) is 0 Å². The lowest BCUT2D eigenvalue weighted by Crippen LogP contribution is -2.22. The highest BCUT2D eigenvalue weighted by Crippen LogP contribution is 2.18. The predicted octanol–water partition coefficient (Wildman–Crippen LogP) is 3.85. The maximum Gasteiger partial charge on any atom is 0.193 e. The lowest BCUT2D eigenvalue weighted by atomic mass is 10.1. The summed E-state index contributed by atoms with van der Waals surface area (Å²) < 4.78 is 0. The van der Waals surface area contributed by atoms with E-state index in [1.807, 2.05) is 0 Å². The van der Waals surface area contributed by atoms with Crippen molar-refractivity contribution < 1.29 is 0 Å². The zero-order valence-corrected chi connectivity index (χ0v) is 13.1. The molecule has 1 aromatic carbocycles. The molecule has 2 aromatic rings. The van der Waals surface area contributed by atoms with Crippen LogP contribution in [0.1, 0.15) is 27.8 Å². The average molecular weight is 287 g/mol. The molecule has 1 heterocycles. The third-order valence-electron chi connectivity index (χ3n) is 2.97. The zero-order valence-electron chi connectivity index (χ0n) is 12.2. The fourth-order valence-electron chi connectivity index (χ4n) is 2.09. The first-order valence-corrected chi connectivity index (χ1v) is 7.61. The minimum absolute atomic E-state index is 0.460. The highest BCUT2D eigenvalue weighted by atomic mass is 32.1. The monoisotopic (exact) mass is 287 g/mol. The molecule has 4 heteroatoms. The third-order valence-corrected chi connectivity index (χ3v) is 4.18. The number of rotatable bonds is 4. The second kappa shape index (κ2) is 6.57. The van der Waals surface area contributed by atoms with Crippen LogP contribution in [0.4, 0.5) is 5.69 Å². The molecule has 0 bridgehead atoms. The van der Waals surface area contributed by atoms with Crippen LogP contribution in [0.25, 0.3) is 0 Å². The Bertz CT molecular complexity index is 594. The van der Waals surface area contributed by atoms with Gasteiger partial charge < -0.3 is 11.1 Å². The van der Waals surface area contributed by atoms with E-state index in [2.05, 4.69) is 61.4 Å². The van der Waals surface area contributed by atoms with E-state index in [0.29, 0.717) is 12.5 Å². The Kier molecular flexibility index (Phi) is 4.79. The topological polar surface area (TPSA) is 50.4 Å². The molecule has 0 saturated carbocycles. The van der Waals surface area contributed by atoms with Crippen LogP contribution in [0.5, 0.6) is 0 Å². The Labute approximate surface area is 124 Å². The van der Waals surface area contributed by atoms with Crippen molar-refractivity contribution in [2.75, 3.05) is 5.32 Å². The molecule has 0 spiro atoms. The van der Waals surface area contributed by atoms with Crippen LogP contribution < -0.4 is 11.1 Å². The second-order valence-electron chi connectivity index (χ2n) is 4.92. The number of benzene rings is 1. The summed E-state index contributed by atoms with van der Waals surface area (Å²) in [5.41, 5.74) is 9.35. The molecule has 3 nitrogen and oxygen atoms in total. The first-order valence-electron chi connectivity index (χ1n) is 6.79. The van der Waals surface area contributed by atoms with Crippen molar-refractivity contribution >= 4 is 23.0 Å². The van der Waals surface area contributed by atoms with E-state index in [1.165, 1.54) is 20.9 Å². The van der Waals surface area contributed by atoms with Crippen LogP contribution >= 0.6 is 11.3 Å². The molecule has 0 aliphatic rings. The summed E-state index contributed by atoms with van der Waals surface area (Å²) in [6, 6.07) is 10.5. The normalized spacial score (nSPS) is 11.7. The van der Waals surface area contributed by atoms with Crippen LogP contribution in [0.15, 0.2) is 35.3 Å². The molecule has 106 valence electrons. The van der Waals surface area contributed by atoms with E-state index >= 15 is 0 Å². The Morgan fingerprint density at radius 1 is 1.15 bits per heavy atom. The summed E-state index contributed by atoms with van der Waals surface area (Å²) >= 11 is 1.80. The number of nitrogens with one attached hydrogen (secondary N) is 1. The quantitative estimate of drug-likeness (QED) is 0.663. The number of aliphatic imine (C=N–C) groups is 1. The summed E-state index contributed by atoms with van der Waals surface area (Å²) in [6.45, 7) is 6.94. The van der Waals surface area contributed by atoms with Crippen molar-refractivity contribution in [1.82, 2.24) is 0 Å². The number of guanidine groups is 1. The fraction of sp³-hybridized carbons (Fsp3) is 0.312. The number of aryl methyl sites for hydroxylation is 3. The van der Waals surface area contributed by atoms with Gasteiger partial charge in [0.15, 0.2) is 5.96 Å². The molecule has 0 fully saturated rings. The van der Waals surface area contributed by atoms with Gasteiger partial charge in [0, 0.05) is 15.4 Å². The van der Waals surface area contributed by atoms with Gasteiger partial charge in [-0.25, -0.2) is 4.99 Å². The summed E-state index contributed by atoms with van der Waals surface area (Å²) in [5, 5.41) is 3.15. The van der Waals surface area contributed by atoms with E-state index in [0.717, 1.165) is 12.1 Å². The van der Waals surface area contributed by atoms with E-state index < -0.39 is 0 Å². The lowest BCUT2D eigenvalue weighted by Gasteiger charge is -2.07. The van der Waals surface area contributed by atoms with Gasteiger partial charge >= 0.3 is 0 Å². The first-order chi connectivity index (χ1) is 9.56. The molecule has 0 saturated heterocycles. The van der Waals surface area contributed by atoms with Gasteiger partial charge in [-0.15, -0.1) is 11.3 Å². The molecule has 0 atom stereocenters. The van der Waals surface area contributed by atoms with E-state index in [4.69, 9.17) is 5.73 Å².